The quantitative estimate of drug-likeness (QED) is 0.732. The lowest BCUT2D eigenvalue weighted by atomic mass is 9.98. The minimum Gasteiger partial charge on any atom is -0.304 e. The summed E-state index contributed by atoms with van der Waals surface area (Å²) in [5.74, 6) is 0.458. The van der Waals surface area contributed by atoms with Gasteiger partial charge in [-0.05, 0) is 12.6 Å². The summed E-state index contributed by atoms with van der Waals surface area (Å²) in [4.78, 5) is 4.93. The molecule has 2 rings (SSSR count). The molecule has 2 nitrogen and oxygen atoms in total. The van der Waals surface area contributed by atoms with Crippen LogP contribution in [0.3, 0.4) is 0 Å². The summed E-state index contributed by atoms with van der Waals surface area (Å²) in [5.41, 5.74) is 1.38. The third-order valence-electron chi connectivity index (χ3n) is 3.56. The number of piperazine rings is 1. The average molecular weight is 230 g/mol. The summed E-state index contributed by atoms with van der Waals surface area (Å²) in [5, 5.41) is 0. The van der Waals surface area contributed by atoms with Crippen molar-refractivity contribution in [3.8, 4) is 0 Å². The zero-order valence-corrected chi connectivity index (χ0v) is 10.7. The third kappa shape index (κ3) is 3.42. The van der Waals surface area contributed by atoms with E-state index < -0.39 is 0 Å². The number of hydrogen-bond acceptors (Lipinski definition) is 2. The van der Waals surface area contributed by atoms with Crippen molar-refractivity contribution < 1.29 is 0 Å². The fourth-order valence-corrected chi connectivity index (χ4v) is 2.32. The molecular formula is C15H22N2. The Morgan fingerprint density at radius 2 is 1.82 bits per heavy atom. The Bertz CT molecular complexity index is 339. The lowest BCUT2D eigenvalue weighted by molar-refractivity contribution is 0.151. The monoisotopic (exact) mass is 230 g/mol. The van der Waals surface area contributed by atoms with Crippen LogP contribution in [-0.4, -0.2) is 49.6 Å². The fourth-order valence-electron chi connectivity index (χ4n) is 2.32. The van der Waals surface area contributed by atoms with E-state index in [-0.39, 0.29) is 0 Å². The maximum absolute atomic E-state index is 3.98. The predicted molar refractivity (Wildman–Crippen MR) is 73.3 cm³/mol. The van der Waals surface area contributed by atoms with E-state index in [0.29, 0.717) is 5.92 Å². The highest BCUT2D eigenvalue weighted by atomic mass is 15.2. The van der Waals surface area contributed by atoms with Gasteiger partial charge in [-0.1, -0.05) is 36.4 Å². The Balaban J connectivity index is 1.94. The van der Waals surface area contributed by atoms with E-state index in [0.717, 1.165) is 6.54 Å². The first-order valence-electron chi connectivity index (χ1n) is 6.38. The van der Waals surface area contributed by atoms with Crippen LogP contribution in [0.2, 0.25) is 0 Å². The summed E-state index contributed by atoms with van der Waals surface area (Å²) in [7, 11) is 2.19. The summed E-state index contributed by atoms with van der Waals surface area (Å²) in [6, 6.07) is 10.7. The van der Waals surface area contributed by atoms with Crippen LogP contribution in [-0.2, 0) is 0 Å². The van der Waals surface area contributed by atoms with Gasteiger partial charge in [0.2, 0.25) is 0 Å². The van der Waals surface area contributed by atoms with Crippen molar-refractivity contribution in [3.63, 3.8) is 0 Å². The minimum absolute atomic E-state index is 0.458. The van der Waals surface area contributed by atoms with E-state index in [1.54, 1.807) is 0 Å². The molecule has 1 aliphatic heterocycles. The van der Waals surface area contributed by atoms with Gasteiger partial charge in [0, 0.05) is 38.6 Å². The van der Waals surface area contributed by atoms with Crippen molar-refractivity contribution >= 4 is 0 Å². The molecule has 1 saturated heterocycles. The smallest absolute Gasteiger partial charge is 0.0143 e. The van der Waals surface area contributed by atoms with Gasteiger partial charge in [0.05, 0.1) is 0 Å². The Kier molecular flexibility index (Phi) is 4.35. The lowest BCUT2D eigenvalue weighted by Gasteiger charge is -2.34. The first-order chi connectivity index (χ1) is 8.29. The van der Waals surface area contributed by atoms with Crippen LogP contribution >= 0.6 is 0 Å². The molecule has 92 valence electrons. The average Bonchev–Trinajstić information content (AvgIpc) is 2.39. The maximum Gasteiger partial charge on any atom is 0.0143 e. The standard InChI is InChI=1S/C15H22N2/c1-3-14(15-7-5-4-6-8-15)13-17-11-9-16(2)10-12-17/h3-8,14H,1,9-13H2,2H3. The predicted octanol–water partition coefficient (Wildman–Crippen LogP) is 2.20. The van der Waals surface area contributed by atoms with E-state index >= 15 is 0 Å². The first kappa shape index (κ1) is 12.3. The highest BCUT2D eigenvalue weighted by molar-refractivity contribution is 5.23. The van der Waals surface area contributed by atoms with Gasteiger partial charge in [-0.25, -0.2) is 0 Å². The molecule has 0 spiro atoms. The molecule has 0 radical (unpaired) electrons. The van der Waals surface area contributed by atoms with Crippen LogP contribution in [0.5, 0.6) is 0 Å². The molecule has 0 N–H and O–H groups in total. The van der Waals surface area contributed by atoms with Gasteiger partial charge in [0.25, 0.3) is 0 Å². The molecule has 1 atom stereocenters. The van der Waals surface area contributed by atoms with Gasteiger partial charge in [-0.2, -0.15) is 0 Å². The molecule has 1 unspecified atom stereocenters. The van der Waals surface area contributed by atoms with Gasteiger partial charge >= 0.3 is 0 Å². The molecule has 2 heteroatoms. The highest BCUT2D eigenvalue weighted by Gasteiger charge is 2.17. The number of benzene rings is 1. The second-order valence-electron chi connectivity index (χ2n) is 4.86. The van der Waals surface area contributed by atoms with E-state index in [1.807, 2.05) is 0 Å². The van der Waals surface area contributed by atoms with Crippen LogP contribution < -0.4 is 0 Å². The molecule has 0 bridgehead atoms. The van der Waals surface area contributed by atoms with Crippen LogP contribution in [0.15, 0.2) is 43.0 Å². The number of hydrogen-bond donors (Lipinski definition) is 0. The Morgan fingerprint density at radius 1 is 1.18 bits per heavy atom. The molecule has 1 aromatic rings. The highest BCUT2D eigenvalue weighted by Crippen LogP contribution is 2.18. The fraction of sp³-hybridized carbons (Fsp3) is 0.467. The summed E-state index contributed by atoms with van der Waals surface area (Å²) < 4.78 is 0. The second kappa shape index (κ2) is 5.99. The SMILES string of the molecule is C=CC(CN1CCN(C)CC1)c1ccccc1. The summed E-state index contributed by atoms with van der Waals surface area (Å²) >= 11 is 0. The van der Waals surface area contributed by atoms with E-state index in [9.17, 15) is 0 Å². The molecule has 1 aromatic carbocycles. The Labute approximate surface area is 105 Å². The summed E-state index contributed by atoms with van der Waals surface area (Å²) in [6.07, 6.45) is 2.08. The maximum atomic E-state index is 3.98. The van der Waals surface area contributed by atoms with E-state index in [4.69, 9.17) is 0 Å². The molecule has 1 fully saturated rings. The zero-order chi connectivity index (χ0) is 12.1. The molecule has 1 aliphatic rings. The number of likely N-dealkylation sites (N-methyl/N-ethyl adjacent to an activating group) is 1. The lowest BCUT2D eigenvalue weighted by Crippen LogP contribution is -2.45. The van der Waals surface area contributed by atoms with E-state index in [2.05, 4.69) is 59.8 Å². The number of rotatable bonds is 4. The van der Waals surface area contributed by atoms with Crippen molar-refractivity contribution in [3.05, 3.63) is 48.6 Å². The molecule has 0 aromatic heterocycles. The molecule has 0 saturated carbocycles. The van der Waals surface area contributed by atoms with Gasteiger partial charge in [-0.3, -0.25) is 4.90 Å². The van der Waals surface area contributed by atoms with Crippen molar-refractivity contribution in [1.29, 1.82) is 0 Å². The molecule has 17 heavy (non-hydrogen) atoms. The van der Waals surface area contributed by atoms with Crippen molar-refractivity contribution in [1.82, 2.24) is 9.80 Å². The van der Waals surface area contributed by atoms with Crippen molar-refractivity contribution in [2.75, 3.05) is 39.8 Å². The van der Waals surface area contributed by atoms with Crippen molar-refractivity contribution in [2.24, 2.45) is 0 Å². The van der Waals surface area contributed by atoms with Gasteiger partial charge in [-0.15, -0.1) is 6.58 Å². The van der Waals surface area contributed by atoms with Crippen LogP contribution in [0.1, 0.15) is 11.5 Å². The summed E-state index contributed by atoms with van der Waals surface area (Å²) in [6.45, 7) is 9.79. The Morgan fingerprint density at radius 3 is 2.41 bits per heavy atom. The normalized spacial score (nSPS) is 20.1. The minimum atomic E-state index is 0.458. The Hall–Kier alpha value is -1.12. The van der Waals surface area contributed by atoms with Crippen molar-refractivity contribution in [2.45, 2.75) is 5.92 Å². The molecular weight excluding hydrogens is 208 g/mol. The van der Waals surface area contributed by atoms with Gasteiger partial charge in [0.15, 0.2) is 0 Å². The van der Waals surface area contributed by atoms with Crippen LogP contribution in [0.25, 0.3) is 0 Å². The molecule has 0 aliphatic carbocycles. The number of nitrogens with zero attached hydrogens (tertiary/aromatic N) is 2. The van der Waals surface area contributed by atoms with Gasteiger partial charge < -0.3 is 4.90 Å². The van der Waals surface area contributed by atoms with Crippen LogP contribution in [0, 0.1) is 0 Å². The topological polar surface area (TPSA) is 6.48 Å². The zero-order valence-electron chi connectivity index (χ0n) is 10.7. The van der Waals surface area contributed by atoms with Gasteiger partial charge in [0.1, 0.15) is 0 Å². The third-order valence-corrected chi connectivity index (χ3v) is 3.56. The van der Waals surface area contributed by atoms with E-state index in [1.165, 1.54) is 31.7 Å². The molecule has 0 amide bonds. The van der Waals surface area contributed by atoms with Crippen LogP contribution in [0.4, 0.5) is 0 Å². The largest absolute Gasteiger partial charge is 0.304 e. The molecule has 1 heterocycles. The second-order valence-corrected chi connectivity index (χ2v) is 4.86. The first-order valence-corrected chi connectivity index (χ1v) is 6.38.